The van der Waals surface area contributed by atoms with Crippen molar-refractivity contribution in [2.75, 3.05) is 11.9 Å². The standard InChI is InChI=1S/C15H19N7O/c1-11(2)14-17-13(23-19-14)9-6-10-16-15-18-20-21-22(15)12-7-4-3-5-8-12/h3-5,7-8,11H,6,9-10H2,1-2H3,(H,16,18,21). The molecule has 0 aliphatic carbocycles. The van der Waals surface area contributed by atoms with Gasteiger partial charge in [-0.3, -0.25) is 0 Å². The third-order valence-corrected chi connectivity index (χ3v) is 3.32. The maximum absolute atomic E-state index is 5.22. The fourth-order valence-electron chi connectivity index (χ4n) is 2.08. The summed E-state index contributed by atoms with van der Waals surface area (Å²) in [7, 11) is 0. The third kappa shape index (κ3) is 3.71. The molecule has 0 spiro atoms. The van der Waals surface area contributed by atoms with E-state index in [1.807, 2.05) is 44.2 Å². The first-order valence-corrected chi connectivity index (χ1v) is 7.64. The molecule has 2 aromatic heterocycles. The van der Waals surface area contributed by atoms with E-state index in [1.54, 1.807) is 4.68 Å². The molecule has 0 fully saturated rings. The van der Waals surface area contributed by atoms with E-state index in [-0.39, 0.29) is 5.92 Å². The largest absolute Gasteiger partial charge is 0.353 e. The first-order valence-electron chi connectivity index (χ1n) is 7.64. The summed E-state index contributed by atoms with van der Waals surface area (Å²) in [6.45, 7) is 4.80. The van der Waals surface area contributed by atoms with E-state index < -0.39 is 0 Å². The van der Waals surface area contributed by atoms with Gasteiger partial charge in [-0.05, 0) is 29.0 Å². The van der Waals surface area contributed by atoms with E-state index in [9.17, 15) is 0 Å². The topological polar surface area (TPSA) is 94.5 Å². The minimum atomic E-state index is 0.279. The number of para-hydroxylation sites is 1. The Bertz CT molecular complexity index is 735. The average molecular weight is 313 g/mol. The van der Waals surface area contributed by atoms with Gasteiger partial charge in [0.05, 0.1) is 5.69 Å². The molecule has 1 aromatic carbocycles. The molecule has 0 amide bonds. The number of benzene rings is 1. The lowest BCUT2D eigenvalue weighted by Crippen LogP contribution is -2.09. The molecular weight excluding hydrogens is 294 g/mol. The Kier molecular flexibility index (Phi) is 4.60. The molecule has 0 atom stereocenters. The van der Waals surface area contributed by atoms with Crippen molar-refractivity contribution >= 4 is 5.95 Å². The van der Waals surface area contributed by atoms with E-state index in [1.165, 1.54) is 0 Å². The second-order valence-corrected chi connectivity index (χ2v) is 5.48. The van der Waals surface area contributed by atoms with Crippen LogP contribution in [-0.4, -0.2) is 36.9 Å². The zero-order valence-electron chi connectivity index (χ0n) is 13.2. The summed E-state index contributed by atoms with van der Waals surface area (Å²) in [6.07, 6.45) is 1.57. The fourth-order valence-corrected chi connectivity index (χ4v) is 2.08. The lowest BCUT2D eigenvalue weighted by Gasteiger charge is -2.05. The van der Waals surface area contributed by atoms with Crippen LogP contribution in [0.3, 0.4) is 0 Å². The van der Waals surface area contributed by atoms with Gasteiger partial charge in [-0.15, -0.1) is 0 Å². The van der Waals surface area contributed by atoms with Crippen LogP contribution in [-0.2, 0) is 6.42 Å². The van der Waals surface area contributed by atoms with Crippen molar-refractivity contribution in [2.24, 2.45) is 0 Å². The van der Waals surface area contributed by atoms with Crippen LogP contribution in [0.25, 0.3) is 5.69 Å². The molecule has 0 saturated carbocycles. The van der Waals surface area contributed by atoms with Crippen LogP contribution in [0.15, 0.2) is 34.9 Å². The molecule has 0 radical (unpaired) electrons. The van der Waals surface area contributed by atoms with E-state index >= 15 is 0 Å². The molecule has 2 heterocycles. The molecule has 1 N–H and O–H groups in total. The fraction of sp³-hybridized carbons (Fsp3) is 0.400. The molecule has 0 aliphatic rings. The van der Waals surface area contributed by atoms with Crippen molar-refractivity contribution in [1.82, 2.24) is 30.3 Å². The maximum atomic E-state index is 5.22. The number of anilines is 1. The van der Waals surface area contributed by atoms with Gasteiger partial charge in [0.25, 0.3) is 0 Å². The zero-order chi connectivity index (χ0) is 16.1. The molecule has 0 unspecified atom stereocenters. The molecule has 8 heteroatoms. The van der Waals surface area contributed by atoms with Crippen LogP contribution < -0.4 is 5.32 Å². The Balaban J connectivity index is 1.52. The second kappa shape index (κ2) is 6.99. The van der Waals surface area contributed by atoms with Gasteiger partial charge in [0.2, 0.25) is 11.8 Å². The number of aromatic nitrogens is 6. The van der Waals surface area contributed by atoms with Crippen molar-refractivity contribution < 1.29 is 4.52 Å². The summed E-state index contributed by atoms with van der Waals surface area (Å²) in [6, 6.07) is 9.75. The van der Waals surface area contributed by atoms with Gasteiger partial charge in [-0.25, -0.2) is 0 Å². The Morgan fingerprint density at radius 2 is 2.04 bits per heavy atom. The number of hydrogen-bond donors (Lipinski definition) is 1. The summed E-state index contributed by atoms with van der Waals surface area (Å²) in [5, 5.41) is 18.9. The quantitative estimate of drug-likeness (QED) is 0.668. The normalized spacial score (nSPS) is 11.1. The molecule has 3 rings (SSSR count). The lowest BCUT2D eigenvalue weighted by atomic mass is 10.2. The van der Waals surface area contributed by atoms with Gasteiger partial charge >= 0.3 is 0 Å². The highest BCUT2D eigenvalue weighted by Crippen LogP contribution is 2.12. The van der Waals surface area contributed by atoms with Crippen LogP contribution in [0, 0.1) is 0 Å². The molecule has 8 nitrogen and oxygen atoms in total. The Hall–Kier alpha value is -2.77. The predicted octanol–water partition coefficient (Wildman–Crippen LogP) is 2.21. The van der Waals surface area contributed by atoms with E-state index in [0.717, 1.165) is 24.4 Å². The molecule has 23 heavy (non-hydrogen) atoms. The summed E-state index contributed by atoms with van der Waals surface area (Å²) >= 11 is 0. The Labute approximate surface area is 133 Å². The van der Waals surface area contributed by atoms with Crippen molar-refractivity contribution in [3.63, 3.8) is 0 Å². The van der Waals surface area contributed by atoms with Crippen molar-refractivity contribution in [2.45, 2.75) is 32.6 Å². The van der Waals surface area contributed by atoms with Gasteiger partial charge < -0.3 is 9.84 Å². The number of tetrazole rings is 1. The monoisotopic (exact) mass is 313 g/mol. The highest BCUT2D eigenvalue weighted by Gasteiger charge is 2.10. The average Bonchev–Trinajstić information content (AvgIpc) is 3.22. The predicted molar refractivity (Wildman–Crippen MR) is 84.4 cm³/mol. The highest BCUT2D eigenvalue weighted by molar-refractivity contribution is 5.38. The molecule has 120 valence electrons. The minimum absolute atomic E-state index is 0.279. The molecule has 0 aliphatic heterocycles. The van der Waals surface area contributed by atoms with E-state index in [4.69, 9.17) is 4.52 Å². The summed E-state index contributed by atoms with van der Waals surface area (Å²) in [5.74, 6) is 2.31. The SMILES string of the molecule is CC(C)c1noc(CCCNc2nnnn2-c2ccccc2)n1. The number of hydrogen-bond acceptors (Lipinski definition) is 7. The van der Waals surface area contributed by atoms with Crippen molar-refractivity contribution in [1.29, 1.82) is 0 Å². The second-order valence-electron chi connectivity index (χ2n) is 5.48. The van der Waals surface area contributed by atoms with E-state index in [2.05, 4.69) is 31.0 Å². The van der Waals surface area contributed by atoms with Gasteiger partial charge in [0, 0.05) is 18.9 Å². The van der Waals surface area contributed by atoms with Crippen LogP contribution in [0.2, 0.25) is 0 Å². The van der Waals surface area contributed by atoms with Gasteiger partial charge in [-0.2, -0.15) is 9.67 Å². The number of nitrogens with zero attached hydrogens (tertiary/aromatic N) is 6. The Morgan fingerprint density at radius 3 is 2.78 bits per heavy atom. The van der Waals surface area contributed by atoms with Crippen LogP contribution >= 0.6 is 0 Å². The Morgan fingerprint density at radius 1 is 1.22 bits per heavy atom. The molecule has 0 saturated heterocycles. The van der Waals surface area contributed by atoms with E-state index in [0.29, 0.717) is 18.4 Å². The van der Waals surface area contributed by atoms with Gasteiger partial charge in [0.1, 0.15) is 0 Å². The summed E-state index contributed by atoms with van der Waals surface area (Å²) in [5.41, 5.74) is 0.915. The molecular formula is C15H19N7O. The number of nitrogens with one attached hydrogen (secondary N) is 1. The van der Waals surface area contributed by atoms with Crippen molar-refractivity contribution in [3.8, 4) is 5.69 Å². The van der Waals surface area contributed by atoms with Crippen LogP contribution in [0.4, 0.5) is 5.95 Å². The minimum Gasteiger partial charge on any atom is -0.353 e. The van der Waals surface area contributed by atoms with Crippen LogP contribution in [0.1, 0.15) is 37.9 Å². The molecule has 0 bridgehead atoms. The van der Waals surface area contributed by atoms with Gasteiger partial charge in [-0.1, -0.05) is 42.3 Å². The third-order valence-electron chi connectivity index (χ3n) is 3.32. The smallest absolute Gasteiger partial charge is 0.247 e. The first-order chi connectivity index (χ1) is 11.2. The van der Waals surface area contributed by atoms with Crippen LogP contribution in [0.5, 0.6) is 0 Å². The first kappa shape index (κ1) is 15.1. The summed E-state index contributed by atoms with van der Waals surface area (Å²) in [4.78, 5) is 4.36. The van der Waals surface area contributed by atoms with Gasteiger partial charge in [0.15, 0.2) is 5.82 Å². The maximum Gasteiger partial charge on any atom is 0.247 e. The summed E-state index contributed by atoms with van der Waals surface area (Å²) < 4.78 is 6.89. The lowest BCUT2D eigenvalue weighted by molar-refractivity contribution is 0.369. The number of aryl methyl sites for hydroxylation is 1. The zero-order valence-corrected chi connectivity index (χ0v) is 13.2. The van der Waals surface area contributed by atoms with Crippen molar-refractivity contribution in [3.05, 3.63) is 42.0 Å². The highest BCUT2D eigenvalue weighted by atomic mass is 16.5. The molecule has 3 aromatic rings. The number of rotatable bonds is 7.